The molecule has 0 spiro atoms. The Hall–Kier alpha value is -0.780. The smallest absolute Gasteiger partial charge is 0.282 e. The predicted molar refractivity (Wildman–Crippen MR) is 93.9 cm³/mol. The molecule has 2 aliphatic rings. The molecule has 0 aromatic carbocycles. The van der Waals surface area contributed by atoms with E-state index in [0.717, 1.165) is 11.4 Å². The van der Waals surface area contributed by atoms with Crippen molar-refractivity contribution in [2.75, 3.05) is 45.0 Å². The van der Waals surface area contributed by atoms with E-state index in [-0.39, 0.29) is 12.2 Å². The van der Waals surface area contributed by atoms with Gasteiger partial charge >= 0.3 is 0 Å². The number of morpholine rings is 1. The first kappa shape index (κ1) is 18.0. The van der Waals surface area contributed by atoms with Gasteiger partial charge in [0.15, 0.2) is 5.13 Å². The zero-order valence-corrected chi connectivity index (χ0v) is 15.7. The van der Waals surface area contributed by atoms with E-state index in [1.54, 1.807) is 14.8 Å². The number of nitrogens with two attached hydrogens (primary N) is 1. The van der Waals surface area contributed by atoms with E-state index >= 15 is 0 Å². The lowest BCUT2D eigenvalue weighted by Crippen LogP contribution is -2.56. The Morgan fingerprint density at radius 2 is 1.83 bits per heavy atom. The van der Waals surface area contributed by atoms with Crippen molar-refractivity contribution < 1.29 is 13.2 Å². The molecule has 2 fully saturated rings. The molecule has 136 valence electrons. The fourth-order valence-electron chi connectivity index (χ4n) is 3.22. The second-order valence-electron chi connectivity index (χ2n) is 6.42. The molecule has 0 aliphatic carbocycles. The average molecular weight is 376 g/mol. The van der Waals surface area contributed by atoms with E-state index in [1.807, 2.05) is 13.8 Å². The molecular formula is C14H25N5O3S2. The summed E-state index contributed by atoms with van der Waals surface area (Å²) in [7, 11) is -3.41. The largest absolute Gasteiger partial charge is 0.375 e. The lowest BCUT2D eigenvalue weighted by atomic mass is 10.3. The molecule has 3 heterocycles. The minimum Gasteiger partial charge on any atom is -0.375 e. The third-order valence-electron chi connectivity index (χ3n) is 4.32. The summed E-state index contributed by atoms with van der Waals surface area (Å²) in [5, 5.41) is 0.571. The summed E-state index contributed by atoms with van der Waals surface area (Å²) in [5.41, 5.74) is 5.65. The highest BCUT2D eigenvalue weighted by atomic mass is 32.2. The molecule has 8 nitrogen and oxygen atoms in total. The van der Waals surface area contributed by atoms with E-state index in [4.69, 9.17) is 10.5 Å². The standard InChI is InChI=1S/C14H25N5O3S2/c1-11-8-19(9-12(2)22-11)24(20,21)18-5-3-17(4-6-18)10-13-7-16-14(15)23-13/h7,11-12H,3-6,8-10H2,1-2H3,(H2,15,16). The van der Waals surface area contributed by atoms with E-state index in [1.165, 1.54) is 11.3 Å². The van der Waals surface area contributed by atoms with Gasteiger partial charge in [-0.25, -0.2) is 4.98 Å². The molecular weight excluding hydrogens is 350 g/mol. The van der Waals surface area contributed by atoms with Gasteiger partial charge in [-0.3, -0.25) is 4.90 Å². The maximum absolute atomic E-state index is 12.9. The maximum atomic E-state index is 12.9. The molecule has 1 aromatic rings. The monoisotopic (exact) mass is 375 g/mol. The summed E-state index contributed by atoms with van der Waals surface area (Å²) in [5.74, 6) is 0. The Balaban J connectivity index is 1.57. The van der Waals surface area contributed by atoms with E-state index < -0.39 is 10.2 Å². The van der Waals surface area contributed by atoms with Gasteiger partial charge in [0.25, 0.3) is 10.2 Å². The second-order valence-corrected chi connectivity index (χ2v) is 9.50. The van der Waals surface area contributed by atoms with Crippen LogP contribution in [0, 0.1) is 0 Å². The number of nitrogen functional groups attached to an aromatic ring is 1. The number of piperazine rings is 1. The predicted octanol–water partition coefficient (Wildman–Crippen LogP) is 0.197. The fourth-order valence-corrected chi connectivity index (χ4v) is 5.69. The normalized spacial score (nSPS) is 28.2. The summed E-state index contributed by atoms with van der Waals surface area (Å²) >= 11 is 1.48. The van der Waals surface area contributed by atoms with Crippen LogP contribution in [0.4, 0.5) is 5.13 Å². The molecule has 3 rings (SSSR count). The van der Waals surface area contributed by atoms with Gasteiger partial charge in [-0.2, -0.15) is 17.0 Å². The number of thiazole rings is 1. The van der Waals surface area contributed by atoms with Crippen LogP contribution in [0.15, 0.2) is 6.20 Å². The van der Waals surface area contributed by atoms with E-state index in [0.29, 0.717) is 44.4 Å². The minimum absolute atomic E-state index is 0.0680. The van der Waals surface area contributed by atoms with Crippen LogP contribution in [0.3, 0.4) is 0 Å². The van der Waals surface area contributed by atoms with Gasteiger partial charge in [0.05, 0.1) is 12.2 Å². The Morgan fingerprint density at radius 3 is 2.38 bits per heavy atom. The summed E-state index contributed by atoms with van der Waals surface area (Å²) in [6.07, 6.45) is 1.66. The van der Waals surface area contributed by atoms with Gasteiger partial charge in [-0.1, -0.05) is 0 Å². The zero-order valence-electron chi connectivity index (χ0n) is 14.1. The second kappa shape index (κ2) is 7.22. The number of hydrogen-bond acceptors (Lipinski definition) is 7. The fraction of sp³-hybridized carbons (Fsp3) is 0.786. The number of hydrogen-bond donors (Lipinski definition) is 1. The summed E-state index contributed by atoms with van der Waals surface area (Å²) in [6, 6.07) is 0. The van der Waals surface area contributed by atoms with Crippen molar-refractivity contribution in [3.8, 4) is 0 Å². The molecule has 0 radical (unpaired) electrons. The van der Waals surface area contributed by atoms with Crippen LogP contribution in [0.1, 0.15) is 18.7 Å². The molecule has 1 aromatic heterocycles. The van der Waals surface area contributed by atoms with Gasteiger partial charge in [0.1, 0.15) is 0 Å². The lowest BCUT2D eigenvalue weighted by molar-refractivity contribution is -0.0457. The lowest BCUT2D eigenvalue weighted by Gasteiger charge is -2.40. The van der Waals surface area contributed by atoms with Gasteiger partial charge in [0, 0.05) is 56.9 Å². The molecule has 2 saturated heterocycles. The number of aromatic nitrogens is 1. The van der Waals surface area contributed by atoms with Gasteiger partial charge < -0.3 is 10.5 Å². The molecule has 0 saturated carbocycles. The van der Waals surface area contributed by atoms with Crippen LogP contribution in [0.2, 0.25) is 0 Å². The van der Waals surface area contributed by atoms with Crippen molar-refractivity contribution in [2.24, 2.45) is 0 Å². The average Bonchev–Trinajstić information content (AvgIpc) is 2.92. The van der Waals surface area contributed by atoms with Crippen molar-refractivity contribution in [1.29, 1.82) is 0 Å². The molecule has 2 unspecified atom stereocenters. The first-order chi connectivity index (χ1) is 11.3. The van der Waals surface area contributed by atoms with Crippen LogP contribution in [0.25, 0.3) is 0 Å². The van der Waals surface area contributed by atoms with Crippen LogP contribution in [-0.2, 0) is 21.5 Å². The SMILES string of the molecule is CC1CN(S(=O)(=O)N2CCN(Cc3cnc(N)s3)CC2)CC(C)O1. The first-order valence-corrected chi connectivity index (χ1v) is 10.4. The highest BCUT2D eigenvalue weighted by Gasteiger charge is 2.36. The number of nitrogens with zero attached hydrogens (tertiary/aromatic N) is 4. The summed E-state index contributed by atoms with van der Waals surface area (Å²) in [4.78, 5) is 7.41. The molecule has 2 atom stereocenters. The number of ether oxygens (including phenoxy) is 1. The van der Waals surface area contributed by atoms with Crippen molar-refractivity contribution in [1.82, 2.24) is 18.5 Å². The van der Waals surface area contributed by atoms with E-state index in [9.17, 15) is 8.42 Å². The summed E-state index contributed by atoms with van der Waals surface area (Å²) < 4.78 is 34.5. The molecule has 24 heavy (non-hydrogen) atoms. The Kier molecular flexibility index (Phi) is 5.42. The molecule has 10 heteroatoms. The molecule has 2 aliphatic heterocycles. The maximum Gasteiger partial charge on any atom is 0.282 e. The quantitative estimate of drug-likeness (QED) is 0.808. The van der Waals surface area contributed by atoms with Crippen molar-refractivity contribution in [3.05, 3.63) is 11.1 Å². The number of anilines is 1. The third-order valence-corrected chi connectivity index (χ3v) is 7.10. The molecule has 2 N–H and O–H groups in total. The van der Waals surface area contributed by atoms with Gasteiger partial charge in [-0.15, -0.1) is 11.3 Å². The Labute approximate surface area is 147 Å². The highest BCUT2D eigenvalue weighted by molar-refractivity contribution is 7.86. The van der Waals surface area contributed by atoms with Crippen molar-refractivity contribution >= 4 is 26.7 Å². The third kappa shape index (κ3) is 4.06. The first-order valence-electron chi connectivity index (χ1n) is 8.18. The summed E-state index contributed by atoms with van der Waals surface area (Å²) in [6.45, 7) is 7.90. The van der Waals surface area contributed by atoms with E-state index in [2.05, 4.69) is 9.88 Å². The van der Waals surface area contributed by atoms with Gasteiger partial charge in [0.2, 0.25) is 0 Å². The zero-order chi connectivity index (χ0) is 17.3. The highest BCUT2D eigenvalue weighted by Crippen LogP contribution is 2.21. The van der Waals surface area contributed by atoms with Crippen molar-refractivity contribution in [2.45, 2.75) is 32.6 Å². The Morgan fingerprint density at radius 1 is 1.21 bits per heavy atom. The van der Waals surface area contributed by atoms with Crippen LogP contribution >= 0.6 is 11.3 Å². The van der Waals surface area contributed by atoms with Crippen molar-refractivity contribution in [3.63, 3.8) is 0 Å². The molecule has 0 bridgehead atoms. The molecule has 0 amide bonds. The minimum atomic E-state index is -3.41. The van der Waals surface area contributed by atoms with Crippen LogP contribution in [0.5, 0.6) is 0 Å². The topological polar surface area (TPSA) is 92.0 Å². The van der Waals surface area contributed by atoms with Crippen LogP contribution in [-0.4, -0.2) is 78.4 Å². The Bertz CT molecular complexity index is 647. The van der Waals surface area contributed by atoms with Gasteiger partial charge in [-0.05, 0) is 13.8 Å². The number of rotatable bonds is 4. The van der Waals surface area contributed by atoms with Crippen LogP contribution < -0.4 is 5.73 Å².